The predicted molar refractivity (Wildman–Crippen MR) is 106 cm³/mol. The molecule has 1 N–H and O–H groups in total. The van der Waals surface area contributed by atoms with Crippen molar-refractivity contribution in [1.82, 2.24) is 19.8 Å². The Balaban J connectivity index is 1.84. The molecule has 0 saturated heterocycles. The SMILES string of the molecule is CCNC(=O)CN(CC)C(=O)Cn1cnc2sc3c(c2c1=O)CC[C@@H](C)C3. The van der Waals surface area contributed by atoms with Gasteiger partial charge in [-0.25, -0.2) is 4.98 Å². The Bertz CT molecular complexity index is 918. The molecule has 2 amide bonds. The molecule has 0 aromatic carbocycles. The van der Waals surface area contributed by atoms with Crippen LogP contribution in [0.25, 0.3) is 10.2 Å². The molecule has 1 aliphatic carbocycles. The summed E-state index contributed by atoms with van der Waals surface area (Å²) in [5.41, 5.74) is 0.955. The number of rotatable bonds is 6. The smallest absolute Gasteiger partial charge is 0.262 e. The van der Waals surface area contributed by atoms with E-state index in [1.54, 1.807) is 11.3 Å². The van der Waals surface area contributed by atoms with Crippen LogP contribution in [0.15, 0.2) is 11.1 Å². The molecule has 27 heavy (non-hydrogen) atoms. The number of amides is 2. The molecular weight excluding hydrogens is 364 g/mol. The lowest BCUT2D eigenvalue weighted by Crippen LogP contribution is -2.43. The summed E-state index contributed by atoms with van der Waals surface area (Å²) in [6.07, 6.45) is 4.41. The quantitative estimate of drug-likeness (QED) is 0.811. The fraction of sp³-hybridized carbons (Fsp3) is 0.579. The second-order valence-corrected chi connectivity index (χ2v) is 8.15. The molecule has 0 saturated carbocycles. The summed E-state index contributed by atoms with van der Waals surface area (Å²) < 4.78 is 1.37. The van der Waals surface area contributed by atoms with Gasteiger partial charge in [-0.1, -0.05) is 6.92 Å². The van der Waals surface area contributed by atoms with Crippen LogP contribution in [0.2, 0.25) is 0 Å². The molecule has 2 aromatic rings. The predicted octanol–water partition coefficient (Wildman–Crippen LogP) is 1.57. The molecule has 0 aliphatic heterocycles. The van der Waals surface area contributed by atoms with Crippen molar-refractivity contribution in [2.75, 3.05) is 19.6 Å². The van der Waals surface area contributed by atoms with E-state index in [1.807, 2.05) is 13.8 Å². The van der Waals surface area contributed by atoms with Gasteiger partial charge in [-0.05, 0) is 44.6 Å². The van der Waals surface area contributed by atoms with Crippen LogP contribution < -0.4 is 10.9 Å². The monoisotopic (exact) mass is 390 g/mol. The molecule has 0 unspecified atom stereocenters. The van der Waals surface area contributed by atoms with Crippen LogP contribution in [0.1, 0.15) is 37.6 Å². The summed E-state index contributed by atoms with van der Waals surface area (Å²) in [5.74, 6) is 0.168. The van der Waals surface area contributed by atoms with Crippen molar-refractivity contribution in [3.05, 3.63) is 27.1 Å². The normalized spacial score (nSPS) is 16.2. The Morgan fingerprint density at radius 1 is 1.41 bits per heavy atom. The highest BCUT2D eigenvalue weighted by molar-refractivity contribution is 7.18. The van der Waals surface area contributed by atoms with Gasteiger partial charge in [0.1, 0.15) is 11.4 Å². The minimum Gasteiger partial charge on any atom is -0.355 e. The summed E-state index contributed by atoms with van der Waals surface area (Å²) in [7, 11) is 0. The standard InChI is InChI=1S/C19H26N4O3S/c1-4-20-15(24)9-22(5-2)16(25)10-23-11-21-18-17(19(23)26)13-7-6-12(3)8-14(13)27-18/h11-12H,4-10H2,1-3H3,(H,20,24)/t12-/m1/s1. The topological polar surface area (TPSA) is 84.3 Å². The van der Waals surface area contributed by atoms with Gasteiger partial charge in [0.05, 0.1) is 18.3 Å². The third kappa shape index (κ3) is 4.05. The Labute approximate surface area is 162 Å². The summed E-state index contributed by atoms with van der Waals surface area (Å²) in [4.78, 5) is 45.3. The van der Waals surface area contributed by atoms with Gasteiger partial charge in [0.2, 0.25) is 11.8 Å². The van der Waals surface area contributed by atoms with Crippen LogP contribution in [0, 0.1) is 5.92 Å². The van der Waals surface area contributed by atoms with E-state index >= 15 is 0 Å². The number of hydrogen-bond acceptors (Lipinski definition) is 5. The second kappa shape index (κ2) is 8.21. The number of aryl methyl sites for hydroxylation is 1. The largest absolute Gasteiger partial charge is 0.355 e. The van der Waals surface area contributed by atoms with E-state index < -0.39 is 0 Å². The van der Waals surface area contributed by atoms with Gasteiger partial charge >= 0.3 is 0 Å². The molecule has 8 heteroatoms. The summed E-state index contributed by atoms with van der Waals surface area (Å²) in [6.45, 7) is 6.70. The van der Waals surface area contributed by atoms with E-state index in [2.05, 4.69) is 17.2 Å². The molecule has 146 valence electrons. The van der Waals surface area contributed by atoms with E-state index in [9.17, 15) is 14.4 Å². The Hall–Kier alpha value is -2.22. The van der Waals surface area contributed by atoms with Gasteiger partial charge in [-0.3, -0.25) is 19.0 Å². The number of nitrogens with zero attached hydrogens (tertiary/aromatic N) is 3. The zero-order chi connectivity index (χ0) is 19.6. The third-order valence-corrected chi connectivity index (χ3v) is 6.19. The van der Waals surface area contributed by atoms with Crippen LogP contribution in [-0.2, 0) is 29.0 Å². The average molecular weight is 391 g/mol. The number of nitrogens with one attached hydrogen (secondary N) is 1. The molecule has 1 aliphatic rings. The summed E-state index contributed by atoms with van der Waals surface area (Å²) >= 11 is 1.60. The first-order valence-corrected chi connectivity index (χ1v) is 10.3. The van der Waals surface area contributed by atoms with Gasteiger partial charge in [-0.15, -0.1) is 11.3 Å². The van der Waals surface area contributed by atoms with E-state index in [4.69, 9.17) is 0 Å². The number of thiophene rings is 1. The van der Waals surface area contributed by atoms with Crippen molar-refractivity contribution in [2.45, 2.75) is 46.6 Å². The number of fused-ring (bicyclic) bond motifs is 3. The van der Waals surface area contributed by atoms with Crippen LogP contribution in [0.4, 0.5) is 0 Å². The Morgan fingerprint density at radius 3 is 2.89 bits per heavy atom. The van der Waals surface area contributed by atoms with Crippen molar-refractivity contribution >= 4 is 33.4 Å². The first kappa shape index (κ1) is 19.5. The lowest BCUT2D eigenvalue weighted by Gasteiger charge is -2.20. The van der Waals surface area contributed by atoms with Crippen molar-refractivity contribution in [1.29, 1.82) is 0 Å². The summed E-state index contributed by atoms with van der Waals surface area (Å²) in [6, 6.07) is 0. The fourth-order valence-corrected chi connectivity index (χ4v) is 4.87. The molecule has 0 fully saturated rings. The minimum atomic E-state index is -0.260. The number of likely N-dealkylation sites (N-methyl/N-ethyl adjacent to an activating group) is 2. The van der Waals surface area contributed by atoms with Gasteiger partial charge in [0.15, 0.2) is 0 Å². The molecule has 0 bridgehead atoms. The van der Waals surface area contributed by atoms with Gasteiger partial charge in [-0.2, -0.15) is 0 Å². The fourth-order valence-electron chi connectivity index (χ4n) is 3.53. The maximum atomic E-state index is 13.0. The van der Waals surface area contributed by atoms with Gasteiger partial charge in [0, 0.05) is 18.0 Å². The first-order chi connectivity index (χ1) is 12.9. The minimum absolute atomic E-state index is 0.000660. The van der Waals surface area contributed by atoms with Crippen molar-refractivity contribution in [2.24, 2.45) is 5.92 Å². The lowest BCUT2D eigenvalue weighted by atomic mass is 9.89. The van der Waals surface area contributed by atoms with Crippen LogP contribution >= 0.6 is 11.3 Å². The maximum Gasteiger partial charge on any atom is 0.262 e. The molecule has 2 aromatic heterocycles. The number of hydrogen-bond donors (Lipinski definition) is 1. The van der Waals surface area contributed by atoms with Crippen molar-refractivity contribution in [3.63, 3.8) is 0 Å². The molecule has 0 spiro atoms. The number of aromatic nitrogens is 2. The Morgan fingerprint density at radius 2 is 2.19 bits per heavy atom. The maximum absolute atomic E-state index is 13.0. The van der Waals surface area contributed by atoms with Crippen molar-refractivity contribution < 1.29 is 9.59 Å². The zero-order valence-electron chi connectivity index (χ0n) is 16.1. The number of carbonyl (C=O) groups is 2. The van der Waals surface area contributed by atoms with E-state index in [-0.39, 0.29) is 30.5 Å². The molecule has 0 radical (unpaired) electrons. The molecule has 1 atom stereocenters. The average Bonchev–Trinajstić information content (AvgIpc) is 3.00. The summed E-state index contributed by atoms with van der Waals surface area (Å²) in [5, 5.41) is 3.36. The second-order valence-electron chi connectivity index (χ2n) is 7.07. The van der Waals surface area contributed by atoms with Crippen LogP contribution in [0.5, 0.6) is 0 Å². The Kier molecular flexibility index (Phi) is 5.94. The van der Waals surface area contributed by atoms with Gasteiger partial charge in [0.25, 0.3) is 5.56 Å². The van der Waals surface area contributed by atoms with Gasteiger partial charge < -0.3 is 10.2 Å². The molecule has 2 heterocycles. The van der Waals surface area contributed by atoms with Crippen LogP contribution in [-0.4, -0.2) is 45.9 Å². The van der Waals surface area contributed by atoms with E-state index in [0.29, 0.717) is 24.4 Å². The molecular formula is C19H26N4O3S. The molecule has 7 nitrogen and oxygen atoms in total. The number of carbonyl (C=O) groups excluding carboxylic acids is 2. The van der Waals surface area contributed by atoms with Crippen molar-refractivity contribution in [3.8, 4) is 0 Å². The third-order valence-electron chi connectivity index (χ3n) is 5.03. The highest BCUT2D eigenvalue weighted by Crippen LogP contribution is 2.35. The van der Waals surface area contributed by atoms with E-state index in [0.717, 1.165) is 29.7 Å². The molecule has 3 rings (SSSR count). The van der Waals surface area contributed by atoms with Crippen LogP contribution in [0.3, 0.4) is 0 Å². The lowest BCUT2D eigenvalue weighted by molar-refractivity contribution is -0.136. The highest BCUT2D eigenvalue weighted by atomic mass is 32.1. The zero-order valence-corrected chi connectivity index (χ0v) is 16.9. The first-order valence-electron chi connectivity index (χ1n) is 9.48. The highest BCUT2D eigenvalue weighted by Gasteiger charge is 2.24. The van der Waals surface area contributed by atoms with E-state index in [1.165, 1.54) is 20.7 Å².